The van der Waals surface area contributed by atoms with Crippen molar-refractivity contribution in [1.82, 2.24) is 0 Å². The Morgan fingerprint density at radius 2 is 0.750 bits per heavy atom. The van der Waals surface area contributed by atoms with E-state index in [1.807, 2.05) is 172 Å². The van der Waals surface area contributed by atoms with Crippen molar-refractivity contribution in [3.63, 3.8) is 0 Å². The van der Waals surface area contributed by atoms with Gasteiger partial charge in [0.05, 0.1) is 80.6 Å². The minimum atomic E-state index is -0.628. The maximum Gasteiger partial charge on any atom is 0.338 e. The zero-order chi connectivity index (χ0) is 58.4. The fraction of sp³-hybridized carbons (Fsp3) is 0.181. The van der Waals surface area contributed by atoms with Crippen LogP contribution in [0.25, 0.3) is 70.5 Å². The molecule has 10 aromatic rings. The van der Waals surface area contributed by atoms with Gasteiger partial charge in [-0.2, -0.15) is 10.5 Å². The smallest absolute Gasteiger partial charge is 0.338 e. The minimum Gasteiger partial charge on any atom is -0.493 e. The van der Waals surface area contributed by atoms with E-state index in [2.05, 4.69) is 47.3 Å². The van der Waals surface area contributed by atoms with Crippen LogP contribution in [-0.2, 0) is 25.9 Å². The highest BCUT2D eigenvalue weighted by Gasteiger charge is 2.19. The molecule has 0 aromatic heterocycles. The van der Waals surface area contributed by atoms with Crippen LogP contribution < -0.4 is 14.2 Å². The summed E-state index contributed by atoms with van der Waals surface area (Å²) in [7, 11) is 0. The van der Waals surface area contributed by atoms with Gasteiger partial charge in [0.1, 0.15) is 23.9 Å². The maximum absolute atomic E-state index is 13.8. The summed E-state index contributed by atoms with van der Waals surface area (Å²) in [6.45, 7) is 14.2. The average Bonchev–Trinajstić information content (AvgIpc) is 3.62. The predicted octanol–water partition coefficient (Wildman–Crippen LogP) is 16.3. The molecule has 10 aromatic carbocycles. The first-order valence-corrected chi connectivity index (χ1v) is 27.7. The third-order valence-corrected chi connectivity index (χ3v) is 14.2. The first-order valence-electron chi connectivity index (χ1n) is 27.7. The molecular formula is C72H59N3O9. The summed E-state index contributed by atoms with van der Waals surface area (Å²) in [5.41, 5.74) is 8.85. The third kappa shape index (κ3) is 14.8. The van der Waals surface area contributed by atoms with Crippen molar-refractivity contribution < 1.29 is 43.0 Å². The van der Waals surface area contributed by atoms with Gasteiger partial charge in [-0.15, -0.1) is 0 Å². The molecule has 84 heavy (non-hydrogen) atoms. The Bertz CT molecular complexity index is 3940. The summed E-state index contributed by atoms with van der Waals surface area (Å²) in [6, 6.07) is 67.9. The van der Waals surface area contributed by atoms with Crippen molar-refractivity contribution in [1.29, 1.82) is 10.5 Å². The summed E-state index contributed by atoms with van der Waals surface area (Å²) in [4.78, 5) is 42.3. The molecule has 0 heterocycles. The normalized spacial score (nSPS) is 12.1. The monoisotopic (exact) mass is 1110 g/mol. The SMILES string of the molecule is [C-]#[N+]c1ccc(-c2ccc3cc(OCC(C)COOCc4cc(C(=O)OCC(C)COc5ccc6cc(-c7ccc(C#N)cc7)ccc6c5)cc(C(=O)OCC(C)COc5ccc6cc(-c7ccc(C#N)cc7)ccc6c5)c4)ccc3c2)cc1. The number of hydrogen-bond acceptors (Lipinski definition) is 11. The Morgan fingerprint density at radius 3 is 1.13 bits per heavy atom. The van der Waals surface area contributed by atoms with Crippen LogP contribution in [0.15, 0.2) is 200 Å². The highest BCUT2D eigenvalue weighted by Crippen LogP contribution is 2.32. The molecule has 0 aliphatic heterocycles. The van der Waals surface area contributed by atoms with Crippen molar-refractivity contribution in [2.75, 3.05) is 39.6 Å². The number of benzene rings is 10. The molecule has 10 rings (SSSR count). The second-order valence-corrected chi connectivity index (χ2v) is 21.1. The number of fused-ring (bicyclic) bond motifs is 3. The fourth-order valence-electron chi connectivity index (χ4n) is 9.43. The molecule has 12 heteroatoms. The molecule has 3 unspecified atom stereocenters. The molecule has 0 spiro atoms. The van der Waals surface area contributed by atoms with Crippen molar-refractivity contribution >= 4 is 49.9 Å². The van der Waals surface area contributed by atoms with Crippen LogP contribution in [-0.4, -0.2) is 51.6 Å². The zero-order valence-electron chi connectivity index (χ0n) is 46.8. The average molecular weight is 1110 g/mol. The second kappa shape index (κ2) is 27.0. The number of rotatable bonds is 23. The molecule has 12 nitrogen and oxygen atoms in total. The first-order chi connectivity index (χ1) is 40.9. The van der Waals surface area contributed by atoms with E-state index in [4.69, 9.17) is 40.0 Å². The number of hydrogen-bond donors (Lipinski definition) is 0. The van der Waals surface area contributed by atoms with E-state index in [9.17, 15) is 20.1 Å². The highest BCUT2D eigenvalue weighted by atomic mass is 17.2. The lowest BCUT2D eigenvalue weighted by molar-refractivity contribution is -0.310. The highest BCUT2D eigenvalue weighted by molar-refractivity contribution is 5.96. The summed E-state index contributed by atoms with van der Waals surface area (Å²) in [5.74, 6) is 0.410. The van der Waals surface area contributed by atoms with Crippen molar-refractivity contribution in [2.45, 2.75) is 27.4 Å². The minimum absolute atomic E-state index is 0.0546. The molecule has 0 radical (unpaired) electrons. The molecule has 0 N–H and O–H groups in total. The molecule has 0 amide bonds. The van der Waals surface area contributed by atoms with Crippen molar-refractivity contribution in [2.24, 2.45) is 17.8 Å². The van der Waals surface area contributed by atoms with Gasteiger partial charge in [-0.05, 0) is 168 Å². The number of carbonyl (C=O) groups is 2. The molecular weight excluding hydrogens is 1050 g/mol. The molecule has 0 saturated carbocycles. The van der Waals surface area contributed by atoms with Crippen molar-refractivity contribution in [3.8, 4) is 62.8 Å². The van der Waals surface area contributed by atoms with E-state index >= 15 is 0 Å². The maximum atomic E-state index is 13.8. The van der Waals surface area contributed by atoms with Crippen molar-refractivity contribution in [3.05, 3.63) is 239 Å². The van der Waals surface area contributed by atoms with Gasteiger partial charge in [0.25, 0.3) is 0 Å². The Hall–Kier alpha value is -10.3. The number of carbonyl (C=O) groups excluding carboxylic acids is 2. The summed E-state index contributed by atoms with van der Waals surface area (Å²) in [5, 5.41) is 24.6. The first kappa shape index (κ1) is 57.0. The van der Waals surface area contributed by atoms with Gasteiger partial charge < -0.3 is 23.7 Å². The second-order valence-electron chi connectivity index (χ2n) is 21.1. The standard InChI is InChI=1S/C72H59N3O9/c1-47(40-78-68-26-21-59-31-56(13-16-62(59)35-68)53-9-5-50(38-73)6-10-53)43-81-71(76)65-29-52(46-84-83-45-49(3)42-80-70-28-23-61-33-58(15-18-64(61)37-70)55-19-24-67(75-4)25-20-55)30-66(34-65)72(77)82-44-48(2)41-79-69-27-22-60-32-57(14-17-63(60)36-69)54-11-7-51(39-74)8-12-54/h5-37,47-49H,40-46H2,1-3H3. The zero-order valence-corrected chi connectivity index (χ0v) is 46.8. The van der Waals surface area contributed by atoms with Crippen LogP contribution >= 0.6 is 0 Å². The number of nitrogens with zero attached hydrogens (tertiary/aromatic N) is 3. The lowest BCUT2D eigenvalue weighted by Crippen LogP contribution is -2.19. The lowest BCUT2D eigenvalue weighted by Gasteiger charge is -2.16. The van der Waals surface area contributed by atoms with Crippen LogP contribution in [0.2, 0.25) is 0 Å². The summed E-state index contributed by atoms with van der Waals surface area (Å²) in [6.07, 6.45) is 0. The quantitative estimate of drug-likeness (QED) is 0.0198. The summed E-state index contributed by atoms with van der Waals surface area (Å²) >= 11 is 0. The third-order valence-electron chi connectivity index (χ3n) is 14.2. The van der Waals surface area contributed by atoms with E-state index in [0.29, 0.717) is 40.5 Å². The van der Waals surface area contributed by atoms with Gasteiger partial charge in [-0.1, -0.05) is 124 Å². The Labute approximate surface area is 488 Å². The van der Waals surface area contributed by atoms with Gasteiger partial charge in [0.2, 0.25) is 0 Å². The molecule has 0 fully saturated rings. The lowest BCUT2D eigenvalue weighted by atomic mass is 10.0. The number of ether oxygens (including phenoxy) is 5. The molecule has 0 aliphatic carbocycles. The molecule has 3 atom stereocenters. The van der Waals surface area contributed by atoms with Gasteiger partial charge in [-0.25, -0.2) is 24.2 Å². The van der Waals surface area contributed by atoms with E-state index in [1.54, 1.807) is 12.1 Å². The van der Waals surface area contributed by atoms with E-state index in [-0.39, 0.29) is 68.5 Å². The largest absolute Gasteiger partial charge is 0.493 e. The molecule has 416 valence electrons. The Morgan fingerprint density at radius 1 is 0.405 bits per heavy atom. The summed E-state index contributed by atoms with van der Waals surface area (Å²) < 4.78 is 30.1. The Kier molecular flexibility index (Phi) is 18.3. The van der Waals surface area contributed by atoms with E-state index < -0.39 is 11.9 Å². The van der Waals surface area contributed by atoms with Gasteiger partial charge in [0, 0.05) is 17.8 Å². The number of esters is 2. The predicted molar refractivity (Wildman–Crippen MR) is 326 cm³/mol. The van der Waals surface area contributed by atoms with Crippen LogP contribution in [0, 0.1) is 47.0 Å². The van der Waals surface area contributed by atoms with Gasteiger partial charge in [0.15, 0.2) is 5.69 Å². The molecule has 0 saturated heterocycles. The fourth-order valence-corrected chi connectivity index (χ4v) is 9.43. The topological polar surface area (TPSA) is 151 Å². The van der Waals surface area contributed by atoms with Gasteiger partial charge in [-0.3, -0.25) is 0 Å². The molecule has 0 bridgehead atoms. The molecule has 0 aliphatic rings. The van der Waals surface area contributed by atoms with Crippen LogP contribution in [0.3, 0.4) is 0 Å². The number of nitriles is 2. The van der Waals surface area contributed by atoms with E-state index in [1.165, 1.54) is 6.07 Å². The van der Waals surface area contributed by atoms with Crippen LogP contribution in [0.5, 0.6) is 17.2 Å². The van der Waals surface area contributed by atoms with Gasteiger partial charge >= 0.3 is 11.9 Å². The van der Waals surface area contributed by atoms with Crippen LogP contribution in [0.4, 0.5) is 5.69 Å². The van der Waals surface area contributed by atoms with E-state index in [0.717, 1.165) is 71.4 Å². The van der Waals surface area contributed by atoms with Crippen LogP contribution in [0.1, 0.15) is 58.2 Å². The Balaban J connectivity index is 0.735.